The van der Waals surface area contributed by atoms with Crippen LogP contribution in [0.25, 0.3) is 10.9 Å². The molecule has 0 aliphatic heterocycles. The van der Waals surface area contributed by atoms with Crippen molar-refractivity contribution >= 4 is 32.6 Å². The van der Waals surface area contributed by atoms with Crippen molar-refractivity contribution in [3.8, 4) is 0 Å². The van der Waals surface area contributed by atoms with Gasteiger partial charge in [-0.25, -0.2) is 0 Å². The maximum Gasteiger partial charge on any atom is 0.297 e. The van der Waals surface area contributed by atoms with E-state index in [1.165, 1.54) is 0 Å². The van der Waals surface area contributed by atoms with Crippen molar-refractivity contribution < 1.29 is 13.0 Å². The molecular formula is C9H6ClNO3S. The Bertz CT molecular complexity index is 624. The Morgan fingerprint density at radius 1 is 1.27 bits per heavy atom. The topological polar surface area (TPSA) is 67.3 Å². The monoisotopic (exact) mass is 243 g/mol. The summed E-state index contributed by atoms with van der Waals surface area (Å²) in [6, 6.07) is 6.82. The van der Waals surface area contributed by atoms with E-state index in [0.717, 1.165) is 6.20 Å². The van der Waals surface area contributed by atoms with E-state index in [1.54, 1.807) is 24.3 Å². The molecule has 0 aliphatic rings. The molecule has 15 heavy (non-hydrogen) atoms. The summed E-state index contributed by atoms with van der Waals surface area (Å²) >= 11 is 5.85. The van der Waals surface area contributed by atoms with Gasteiger partial charge >= 0.3 is 0 Å². The second kappa shape index (κ2) is 3.44. The number of rotatable bonds is 1. The molecule has 6 heteroatoms. The van der Waals surface area contributed by atoms with Gasteiger partial charge in [0.2, 0.25) is 0 Å². The molecule has 0 aliphatic carbocycles. The lowest BCUT2D eigenvalue weighted by Gasteiger charge is -2.03. The summed E-state index contributed by atoms with van der Waals surface area (Å²) in [5.41, 5.74) is 0.579. The first kappa shape index (κ1) is 10.4. The Labute approximate surface area is 91.3 Å². The first-order valence-corrected chi connectivity index (χ1v) is 5.82. The van der Waals surface area contributed by atoms with Crippen LogP contribution in [-0.4, -0.2) is 18.0 Å². The minimum absolute atomic E-state index is 0.0110. The Hall–Kier alpha value is -1.17. The zero-order chi connectivity index (χ0) is 11.1. The maximum absolute atomic E-state index is 10.9. The number of fused-ring (bicyclic) bond motifs is 1. The summed E-state index contributed by atoms with van der Waals surface area (Å²) in [7, 11) is -4.32. The number of pyridine rings is 1. The number of aromatic nitrogens is 1. The van der Waals surface area contributed by atoms with Crippen LogP contribution < -0.4 is 0 Å². The third kappa shape index (κ3) is 1.81. The number of nitrogens with zero attached hydrogens (tertiary/aromatic N) is 1. The maximum atomic E-state index is 10.9. The normalized spacial score (nSPS) is 11.9. The third-order valence-corrected chi connectivity index (χ3v) is 3.34. The lowest BCUT2D eigenvalue weighted by atomic mass is 10.2. The molecule has 0 fully saturated rings. The van der Waals surface area contributed by atoms with Gasteiger partial charge in [-0.15, -0.1) is 0 Å². The fourth-order valence-electron chi connectivity index (χ4n) is 1.27. The van der Waals surface area contributed by atoms with Gasteiger partial charge < -0.3 is 0 Å². The largest absolute Gasteiger partial charge is 0.297 e. The summed E-state index contributed by atoms with van der Waals surface area (Å²) in [6.45, 7) is 0. The van der Waals surface area contributed by atoms with Gasteiger partial charge in [0.1, 0.15) is 4.90 Å². The van der Waals surface area contributed by atoms with Crippen LogP contribution in [0.4, 0.5) is 0 Å². The van der Waals surface area contributed by atoms with Crippen LogP contribution in [0, 0.1) is 0 Å². The van der Waals surface area contributed by atoms with E-state index in [1.807, 2.05) is 0 Å². The van der Waals surface area contributed by atoms with Gasteiger partial charge in [-0.1, -0.05) is 29.8 Å². The quantitative estimate of drug-likeness (QED) is 0.780. The van der Waals surface area contributed by atoms with Crippen molar-refractivity contribution in [2.45, 2.75) is 4.90 Å². The second-order valence-corrected chi connectivity index (χ2v) is 4.70. The Morgan fingerprint density at radius 2 is 1.93 bits per heavy atom. The van der Waals surface area contributed by atoms with Crippen LogP contribution in [0.3, 0.4) is 0 Å². The van der Waals surface area contributed by atoms with E-state index in [9.17, 15) is 8.42 Å². The minimum atomic E-state index is -4.32. The van der Waals surface area contributed by atoms with Crippen molar-refractivity contribution in [1.82, 2.24) is 4.98 Å². The zero-order valence-corrected chi connectivity index (χ0v) is 8.96. The number of para-hydroxylation sites is 1. The van der Waals surface area contributed by atoms with E-state index in [4.69, 9.17) is 16.2 Å². The van der Waals surface area contributed by atoms with Crippen molar-refractivity contribution in [1.29, 1.82) is 0 Å². The fourth-order valence-corrected chi connectivity index (χ4v) is 2.29. The molecular weight excluding hydrogens is 238 g/mol. The first-order chi connectivity index (χ1) is 7.00. The average molecular weight is 244 g/mol. The van der Waals surface area contributed by atoms with Crippen molar-refractivity contribution in [3.05, 3.63) is 35.5 Å². The molecule has 0 saturated heterocycles. The molecule has 0 radical (unpaired) electrons. The van der Waals surface area contributed by atoms with Gasteiger partial charge in [0.25, 0.3) is 10.1 Å². The van der Waals surface area contributed by atoms with Crippen LogP contribution in [-0.2, 0) is 10.1 Å². The van der Waals surface area contributed by atoms with Crippen LogP contribution in [0.5, 0.6) is 0 Å². The van der Waals surface area contributed by atoms with Gasteiger partial charge in [-0.2, -0.15) is 8.42 Å². The fraction of sp³-hybridized carbons (Fsp3) is 0. The zero-order valence-electron chi connectivity index (χ0n) is 7.38. The highest BCUT2D eigenvalue weighted by molar-refractivity contribution is 7.86. The Morgan fingerprint density at radius 3 is 2.60 bits per heavy atom. The Balaban J connectivity index is 2.88. The summed E-state index contributed by atoms with van der Waals surface area (Å²) in [5.74, 6) is 0. The van der Waals surface area contributed by atoms with Crippen molar-refractivity contribution in [3.63, 3.8) is 0 Å². The predicted octanol–water partition coefficient (Wildman–Crippen LogP) is 2.13. The molecule has 4 nitrogen and oxygen atoms in total. The summed E-state index contributed by atoms with van der Waals surface area (Å²) < 4.78 is 30.7. The molecule has 78 valence electrons. The number of halogens is 1. The van der Waals surface area contributed by atoms with E-state index >= 15 is 0 Å². The number of hydrogen-bond donors (Lipinski definition) is 1. The molecule has 0 unspecified atom stereocenters. The number of hydrogen-bond acceptors (Lipinski definition) is 3. The molecule has 1 heterocycles. The Kier molecular flexibility index (Phi) is 2.38. The van der Waals surface area contributed by atoms with Gasteiger partial charge in [0.05, 0.1) is 16.7 Å². The van der Waals surface area contributed by atoms with E-state index < -0.39 is 10.1 Å². The number of benzene rings is 1. The molecule has 0 saturated carbocycles. The minimum Gasteiger partial charge on any atom is -0.282 e. The average Bonchev–Trinajstić information content (AvgIpc) is 2.16. The van der Waals surface area contributed by atoms with Crippen molar-refractivity contribution in [2.24, 2.45) is 0 Å². The van der Waals surface area contributed by atoms with Gasteiger partial charge in [0.15, 0.2) is 0 Å². The standard InChI is InChI=1S/C9H6ClNO3S/c10-9-6-3-1-2-4-7(6)11-5-8(9)15(12,13)14/h1-5H,(H,12,13,14). The van der Waals surface area contributed by atoms with Crippen LogP contribution in [0.2, 0.25) is 5.02 Å². The summed E-state index contributed by atoms with van der Waals surface area (Å²) in [5, 5.41) is 0.484. The van der Waals surface area contributed by atoms with E-state index in [2.05, 4.69) is 4.98 Å². The molecule has 2 aromatic rings. The molecule has 1 N–H and O–H groups in total. The van der Waals surface area contributed by atoms with Gasteiger partial charge in [0, 0.05) is 5.39 Å². The first-order valence-electron chi connectivity index (χ1n) is 4.01. The summed E-state index contributed by atoms with van der Waals surface area (Å²) in [4.78, 5) is 3.51. The van der Waals surface area contributed by atoms with E-state index in [0.29, 0.717) is 10.9 Å². The molecule has 2 rings (SSSR count). The molecule has 0 bridgehead atoms. The van der Waals surface area contributed by atoms with Gasteiger partial charge in [-0.3, -0.25) is 9.54 Å². The lowest BCUT2D eigenvalue weighted by Crippen LogP contribution is -2.00. The highest BCUT2D eigenvalue weighted by Gasteiger charge is 2.16. The SMILES string of the molecule is O=S(=O)(O)c1cnc2ccccc2c1Cl. The second-order valence-electron chi connectivity index (χ2n) is 2.93. The molecule has 0 amide bonds. The highest BCUT2D eigenvalue weighted by atomic mass is 35.5. The van der Waals surface area contributed by atoms with Crippen molar-refractivity contribution in [2.75, 3.05) is 0 Å². The third-order valence-electron chi connectivity index (χ3n) is 1.96. The molecule has 0 spiro atoms. The molecule has 1 aromatic heterocycles. The molecule has 0 atom stereocenters. The van der Waals surface area contributed by atoms with Crippen LogP contribution >= 0.6 is 11.6 Å². The summed E-state index contributed by atoms with van der Waals surface area (Å²) in [6.07, 6.45) is 1.04. The smallest absolute Gasteiger partial charge is 0.282 e. The predicted molar refractivity (Wildman–Crippen MR) is 56.6 cm³/mol. The highest BCUT2D eigenvalue weighted by Crippen LogP contribution is 2.28. The van der Waals surface area contributed by atoms with E-state index in [-0.39, 0.29) is 9.92 Å². The van der Waals surface area contributed by atoms with Crippen LogP contribution in [0.1, 0.15) is 0 Å². The lowest BCUT2D eigenvalue weighted by molar-refractivity contribution is 0.483. The van der Waals surface area contributed by atoms with Gasteiger partial charge in [-0.05, 0) is 6.07 Å². The molecule has 1 aromatic carbocycles. The van der Waals surface area contributed by atoms with Crippen LogP contribution in [0.15, 0.2) is 35.4 Å².